The number of carbonyl (C=O) groups is 3. The fourth-order valence-electron chi connectivity index (χ4n) is 8.54. The van der Waals surface area contributed by atoms with Crippen LogP contribution in [0.3, 0.4) is 0 Å². The number of allylic oxidation sites excluding steroid dienone is 12. The standard InChI is InChI=1S/C65H114O6/c1-4-7-10-13-16-19-22-25-28-31-32-35-38-41-44-47-50-53-56-59-65(68)71-62(60-69-63(66)57-54-51-48-45-42-39-36-33-29-26-23-20-17-14-11-8-5-2)61-70-64(67)58-55-52-49-46-43-40-37-34-30-27-24-21-18-15-12-9-6-3/h17,20,25-30,37,40,46,49,62H,4-16,18-19,21-24,31-36,38-39,41-45,47-48,50-61H2,1-3H3/b20-17-,28-25-,29-26-,30-27-,40-37-,49-46-/t62-/m1/s1. The highest BCUT2D eigenvalue weighted by Gasteiger charge is 2.19. The molecule has 0 aliphatic rings. The van der Waals surface area contributed by atoms with Crippen molar-refractivity contribution in [3.05, 3.63) is 72.9 Å². The van der Waals surface area contributed by atoms with Crippen molar-refractivity contribution in [2.45, 2.75) is 309 Å². The molecule has 0 aromatic heterocycles. The van der Waals surface area contributed by atoms with Crippen LogP contribution in [-0.2, 0) is 28.6 Å². The van der Waals surface area contributed by atoms with Gasteiger partial charge in [0.2, 0.25) is 0 Å². The number of carbonyl (C=O) groups excluding carboxylic acids is 3. The monoisotopic (exact) mass is 991 g/mol. The van der Waals surface area contributed by atoms with E-state index in [9.17, 15) is 14.4 Å². The molecule has 0 rings (SSSR count). The van der Waals surface area contributed by atoms with Crippen LogP contribution in [0.1, 0.15) is 303 Å². The Labute approximate surface area is 440 Å². The average Bonchev–Trinajstić information content (AvgIpc) is 3.37. The van der Waals surface area contributed by atoms with Crippen LogP contribution >= 0.6 is 0 Å². The summed E-state index contributed by atoms with van der Waals surface area (Å²) in [5.41, 5.74) is 0. The Balaban J connectivity index is 4.45. The van der Waals surface area contributed by atoms with Gasteiger partial charge in [-0.3, -0.25) is 14.4 Å². The summed E-state index contributed by atoms with van der Waals surface area (Å²) in [6, 6.07) is 0. The molecule has 410 valence electrons. The summed E-state index contributed by atoms with van der Waals surface area (Å²) in [4.78, 5) is 38.2. The van der Waals surface area contributed by atoms with Crippen molar-refractivity contribution in [1.29, 1.82) is 0 Å². The van der Waals surface area contributed by atoms with Crippen LogP contribution in [0.25, 0.3) is 0 Å². The summed E-state index contributed by atoms with van der Waals surface area (Å²) >= 11 is 0. The second-order valence-corrected chi connectivity index (χ2v) is 20.2. The van der Waals surface area contributed by atoms with Crippen LogP contribution in [-0.4, -0.2) is 37.2 Å². The fraction of sp³-hybridized carbons (Fsp3) is 0.769. The van der Waals surface area contributed by atoms with Gasteiger partial charge >= 0.3 is 17.9 Å². The molecule has 0 bridgehead atoms. The predicted molar refractivity (Wildman–Crippen MR) is 307 cm³/mol. The third-order valence-electron chi connectivity index (χ3n) is 13.2. The van der Waals surface area contributed by atoms with Gasteiger partial charge in [-0.05, 0) is 109 Å². The number of ether oxygens (including phenoxy) is 3. The van der Waals surface area contributed by atoms with Crippen molar-refractivity contribution in [1.82, 2.24) is 0 Å². The molecule has 0 heterocycles. The zero-order valence-corrected chi connectivity index (χ0v) is 47.0. The Morgan fingerprint density at radius 1 is 0.282 bits per heavy atom. The van der Waals surface area contributed by atoms with Crippen molar-refractivity contribution in [2.24, 2.45) is 0 Å². The zero-order valence-electron chi connectivity index (χ0n) is 47.0. The lowest BCUT2D eigenvalue weighted by molar-refractivity contribution is -0.167. The maximum absolute atomic E-state index is 12.9. The molecule has 0 radical (unpaired) electrons. The third-order valence-corrected chi connectivity index (χ3v) is 13.2. The molecule has 0 aliphatic carbocycles. The first-order valence-electron chi connectivity index (χ1n) is 30.4. The number of hydrogen-bond donors (Lipinski definition) is 0. The zero-order chi connectivity index (χ0) is 51.4. The Kier molecular flexibility index (Phi) is 56.8. The summed E-state index contributed by atoms with van der Waals surface area (Å²) < 4.78 is 16.9. The summed E-state index contributed by atoms with van der Waals surface area (Å²) in [6.45, 7) is 6.58. The lowest BCUT2D eigenvalue weighted by Gasteiger charge is -2.18. The van der Waals surface area contributed by atoms with Crippen LogP contribution in [0.15, 0.2) is 72.9 Å². The lowest BCUT2D eigenvalue weighted by atomic mass is 10.1. The van der Waals surface area contributed by atoms with Gasteiger partial charge in [-0.2, -0.15) is 0 Å². The molecule has 71 heavy (non-hydrogen) atoms. The maximum Gasteiger partial charge on any atom is 0.306 e. The van der Waals surface area contributed by atoms with Crippen molar-refractivity contribution >= 4 is 17.9 Å². The highest BCUT2D eigenvalue weighted by Crippen LogP contribution is 2.15. The van der Waals surface area contributed by atoms with E-state index in [-0.39, 0.29) is 37.5 Å². The minimum absolute atomic E-state index is 0.0950. The molecule has 0 saturated heterocycles. The van der Waals surface area contributed by atoms with Crippen LogP contribution in [0.2, 0.25) is 0 Å². The van der Waals surface area contributed by atoms with E-state index in [1.807, 2.05) is 0 Å². The van der Waals surface area contributed by atoms with E-state index in [2.05, 4.69) is 93.7 Å². The van der Waals surface area contributed by atoms with Crippen LogP contribution < -0.4 is 0 Å². The van der Waals surface area contributed by atoms with Crippen LogP contribution in [0.4, 0.5) is 0 Å². The van der Waals surface area contributed by atoms with Gasteiger partial charge in [0.05, 0.1) is 0 Å². The maximum atomic E-state index is 12.9. The number of unbranched alkanes of at least 4 members (excludes halogenated alkanes) is 32. The van der Waals surface area contributed by atoms with E-state index in [0.717, 1.165) is 70.6 Å². The number of esters is 3. The first-order chi connectivity index (χ1) is 35.0. The van der Waals surface area contributed by atoms with E-state index < -0.39 is 6.10 Å². The molecule has 0 unspecified atom stereocenters. The van der Waals surface area contributed by atoms with E-state index in [0.29, 0.717) is 19.3 Å². The quantitative estimate of drug-likeness (QED) is 0.0261. The van der Waals surface area contributed by atoms with Crippen LogP contribution in [0.5, 0.6) is 0 Å². The molecule has 1 atom stereocenters. The highest BCUT2D eigenvalue weighted by atomic mass is 16.6. The molecule has 0 aliphatic heterocycles. The van der Waals surface area contributed by atoms with E-state index in [1.54, 1.807) is 0 Å². The molecule has 6 heteroatoms. The molecule has 0 amide bonds. The lowest BCUT2D eigenvalue weighted by Crippen LogP contribution is -2.30. The molecule has 6 nitrogen and oxygen atoms in total. The molecule has 0 aromatic carbocycles. The Hall–Kier alpha value is -3.15. The minimum Gasteiger partial charge on any atom is -0.462 e. The molecule has 0 saturated carbocycles. The Bertz CT molecular complexity index is 1320. The molecule has 0 N–H and O–H groups in total. The molecule has 0 spiro atoms. The van der Waals surface area contributed by atoms with Gasteiger partial charge in [0, 0.05) is 19.3 Å². The summed E-state index contributed by atoms with van der Waals surface area (Å²) in [7, 11) is 0. The molecular formula is C65H114O6. The number of rotatable bonds is 55. The van der Waals surface area contributed by atoms with Crippen molar-refractivity contribution in [3.63, 3.8) is 0 Å². The molecular weight excluding hydrogens is 877 g/mol. The number of hydrogen-bond acceptors (Lipinski definition) is 6. The first-order valence-corrected chi connectivity index (χ1v) is 30.4. The van der Waals surface area contributed by atoms with Crippen molar-refractivity contribution in [2.75, 3.05) is 13.2 Å². The first kappa shape index (κ1) is 67.8. The Morgan fingerprint density at radius 2 is 0.521 bits per heavy atom. The van der Waals surface area contributed by atoms with Gasteiger partial charge in [0.25, 0.3) is 0 Å². The largest absolute Gasteiger partial charge is 0.462 e. The smallest absolute Gasteiger partial charge is 0.306 e. The fourth-order valence-corrected chi connectivity index (χ4v) is 8.54. The normalized spacial score (nSPS) is 12.5. The summed E-state index contributed by atoms with van der Waals surface area (Å²) in [6.07, 6.45) is 76.1. The van der Waals surface area contributed by atoms with Gasteiger partial charge < -0.3 is 14.2 Å². The van der Waals surface area contributed by atoms with Gasteiger partial charge in [-0.25, -0.2) is 0 Å². The topological polar surface area (TPSA) is 78.9 Å². The van der Waals surface area contributed by atoms with Gasteiger partial charge in [-0.15, -0.1) is 0 Å². The predicted octanol–water partition coefficient (Wildman–Crippen LogP) is 20.5. The summed E-state index contributed by atoms with van der Waals surface area (Å²) in [5.74, 6) is -0.948. The third kappa shape index (κ3) is 57.6. The van der Waals surface area contributed by atoms with Crippen molar-refractivity contribution in [3.8, 4) is 0 Å². The van der Waals surface area contributed by atoms with E-state index in [1.165, 1.54) is 186 Å². The van der Waals surface area contributed by atoms with Gasteiger partial charge in [0.1, 0.15) is 13.2 Å². The highest BCUT2D eigenvalue weighted by molar-refractivity contribution is 5.71. The second kappa shape index (κ2) is 59.4. The van der Waals surface area contributed by atoms with Crippen molar-refractivity contribution < 1.29 is 28.6 Å². The second-order valence-electron chi connectivity index (χ2n) is 20.2. The summed E-state index contributed by atoms with van der Waals surface area (Å²) in [5, 5.41) is 0. The SMILES string of the molecule is CCCCC/C=C\C/C=C\CCCCCCCCCC(=O)OC[C@H](COC(=O)CCC/C=C\C/C=C\C/C=C\CCCCCCCC)OC(=O)CCCCCCCCCCC/C=C\CCCCCCCC. The average molecular weight is 992 g/mol. The van der Waals surface area contributed by atoms with Gasteiger partial charge in [0.15, 0.2) is 6.10 Å². The molecule has 0 fully saturated rings. The van der Waals surface area contributed by atoms with E-state index in [4.69, 9.17) is 14.2 Å². The van der Waals surface area contributed by atoms with Crippen LogP contribution in [0, 0.1) is 0 Å². The Morgan fingerprint density at radius 3 is 0.887 bits per heavy atom. The van der Waals surface area contributed by atoms with E-state index >= 15 is 0 Å². The molecule has 0 aromatic rings. The minimum atomic E-state index is -0.801. The van der Waals surface area contributed by atoms with Gasteiger partial charge in [-0.1, -0.05) is 248 Å².